The van der Waals surface area contributed by atoms with Crippen molar-refractivity contribution in [1.29, 1.82) is 0 Å². The quantitative estimate of drug-likeness (QED) is 0.188. The molecule has 0 unspecified atom stereocenters. The molecule has 7 nitrogen and oxygen atoms in total. The van der Waals surface area contributed by atoms with Crippen LogP contribution in [0.25, 0.3) is 0 Å². The summed E-state index contributed by atoms with van der Waals surface area (Å²) in [7, 11) is -4.18. The Morgan fingerprint density at radius 2 is 1.47 bits per heavy atom. The zero-order valence-electron chi connectivity index (χ0n) is 26.3. The average molecular weight is 646 g/mol. The van der Waals surface area contributed by atoms with Gasteiger partial charge >= 0.3 is 0 Å². The SMILES string of the molecule is Cc1ccc(S(=O)(=O)N(CC(=O)N(Cc2ccccc2Cl)[C@@H](Cc2ccccc2)C(=O)NC(C)C)c2cccc(C)c2C)cc1. The normalized spacial score (nSPS) is 12.1. The van der Waals surface area contributed by atoms with Crippen LogP contribution in [0.3, 0.4) is 0 Å². The van der Waals surface area contributed by atoms with Crippen molar-refractivity contribution < 1.29 is 18.0 Å². The number of rotatable bonds is 12. The molecule has 0 aliphatic rings. The van der Waals surface area contributed by atoms with Gasteiger partial charge in [-0.2, -0.15) is 0 Å². The second kappa shape index (κ2) is 14.8. The average Bonchev–Trinajstić information content (AvgIpc) is 3.00. The molecule has 0 aliphatic carbocycles. The smallest absolute Gasteiger partial charge is 0.264 e. The number of carbonyl (C=O) groups excluding carboxylic acids is 2. The molecule has 45 heavy (non-hydrogen) atoms. The van der Waals surface area contributed by atoms with Gasteiger partial charge in [-0.15, -0.1) is 0 Å². The molecule has 9 heteroatoms. The Labute approximate surface area is 271 Å². The first-order valence-electron chi connectivity index (χ1n) is 14.9. The van der Waals surface area contributed by atoms with Gasteiger partial charge in [0.2, 0.25) is 11.8 Å². The van der Waals surface area contributed by atoms with Crippen molar-refractivity contribution in [3.8, 4) is 0 Å². The first-order chi connectivity index (χ1) is 21.4. The van der Waals surface area contributed by atoms with E-state index in [-0.39, 0.29) is 29.8 Å². The summed E-state index contributed by atoms with van der Waals surface area (Å²) in [6.07, 6.45) is 0.226. The Balaban J connectivity index is 1.85. The first kappa shape index (κ1) is 33.7. The van der Waals surface area contributed by atoms with E-state index in [0.717, 1.165) is 26.6 Å². The molecule has 0 spiro atoms. The van der Waals surface area contributed by atoms with Gasteiger partial charge in [-0.3, -0.25) is 13.9 Å². The molecule has 1 N–H and O–H groups in total. The van der Waals surface area contributed by atoms with Crippen LogP contribution < -0.4 is 9.62 Å². The van der Waals surface area contributed by atoms with Crippen molar-refractivity contribution in [3.63, 3.8) is 0 Å². The molecule has 0 aromatic heterocycles. The molecule has 0 saturated carbocycles. The fourth-order valence-electron chi connectivity index (χ4n) is 5.10. The molecule has 0 saturated heterocycles. The lowest BCUT2D eigenvalue weighted by Gasteiger charge is -2.34. The van der Waals surface area contributed by atoms with E-state index < -0.39 is 28.5 Å². The number of nitrogens with zero attached hydrogens (tertiary/aromatic N) is 2. The standard InChI is InChI=1S/C36H40ClN3O4S/c1-25(2)38-36(42)34(22-29-13-7-6-8-14-29)39(23-30-15-9-10-16-32(30)37)35(41)24-40(33-17-11-12-27(4)28(33)5)45(43,44)31-20-18-26(3)19-21-31/h6-21,25,34H,22-24H2,1-5H3,(H,38,42)/t34-/m0/s1. The van der Waals surface area contributed by atoms with E-state index in [4.69, 9.17) is 11.6 Å². The summed E-state index contributed by atoms with van der Waals surface area (Å²) in [4.78, 5) is 29.9. The third kappa shape index (κ3) is 8.32. The topological polar surface area (TPSA) is 86.8 Å². The van der Waals surface area contributed by atoms with Gasteiger partial charge in [-0.1, -0.05) is 90.0 Å². The molecule has 0 bridgehead atoms. The monoisotopic (exact) mass is 645 g/mol. The number of aryl methyl sites for hydroxylation is 2. The van der Waals surface area contributed by atoms with Crippen LogP contribution in [0.4, 0.5) is 5.69 Å². The highest BCUT2D eigenvalue weighted by molar-refractivity contribution is 7.92. The maximum Gasteiger partial charge on any atom is 0.264 e. The molecular weight excluding hydrogens is 606 g/mol. The minimum atomic E-state index is -4.18. The van der Waals surface area contributed by atoms with Gasteiger partial charge in [0.1, 0.15) is 12.6 Å². The molecule has 2 amide bonds. The summed E-state index contributed by atoms with van der Waals surface area (Å²) in [5, 5.41) is 3.41. The third-order valence-electron chi connectivity index (χ3n) is 7.73. The van der Waals surface area contributed by atoms with Crippen molar-refractivity contribution in [1.82, 2.24) is 10.2 Å². The highest BCUT2D eigenvalue weighted by atomic mass is 35.5. The lowest BCUT2D eigenvalue weighted by molar-refractivity contribution is -0.140. The second-order valence-electron chi connectivity index (χ2n) is 11.5. The Hall–Kier alpha value is -4.14. The Morgan fingerprint density at radius 1 is 0.822 bits per heavy atom. The molecule has 4 rings (SSSR count). The molecule has 4 aromatic rings. The Kier molecular flexibility index (Phi) is 11.1. The molecular formula is C36H40ClN3O4S. The van der Waals surface area contributed by atoms with Crippen LogP contribution in [0.1, 0.15) is 41.7 Å². The molecule has 4 aromatic carbocycles. The van der Waals surface area contributed by atoms with Crippen LogP contribution >= 0.6 is 11.6 Å². The van der Waals surface area contributed by atoms with Gasteiger partial charge in [-0.05, 0) is 81.1 Å². The van der Waals surface area contributed by atoms with Crippen molar-refractivity contribution >= 4 is 39.1 Å². The minimum Gasteiger partial charge on any atom is -0.352 e. The minimum absolute atomic E-state index is 0.00669. The Morgan fingerprint density at radius 3 is 2.11 bits per heavy atom. The van der Waals surface area contributed by atoms with E-state index in [2.05, 4.69) is 5.32 Å². The number of carbonyl (C=O) groups is 2. The predicted molar refractivity (Wildman–Crippen MR) is 181 cm³/mol. The molecule has 236 valence electrons. The zero-order chi connectivity index (χ0) is 32.7. The summed E-state index contributed by atoms with van der Waals surface area (Å²) in [6.45, 7) is 8.81. The molecule has 0 fully saturated rings. The predicted octanol–water partition coefficient (Wildman–Crippen LogP) is 6.63. The van der Waals surface area contributed by atoms with Crippen LogP contribution in [-0.4, -0.2) is 43.8 Å². The van der Waals surface area contributed by atoms with Crippen LogP contribution in [0.5, 0.6) is 0 Å². The molecule has 0 heterocycles. The van der Waals surface area contributed by atoms with Gasteiger partial charge < -0.3 is 10.2 Å². The van der Waals surface area contributed by atoms with E-state index in [1.807, 2.05) is 77.1 Å². The summed E-state index contributed by atoms with van der Waals surface area (Å²) in [5.74, 6) is -0.875. The number of nitrogens with one attached hydrogen (secondary N) is 1. The number of hydrogen-bond acceptors (Lipinski definition) is 4. The van der Waals surface area contributed by atoms with Crippen LogP contribution in [0.15, 0.2) is 102 Å². The van der Waals surface area contributed by atoms with Crippen LogP contribution in [0, 0.1) is 20.8 Å². The first-order valence-corrected chi connectivity index (χ1v) is 16.7. The van der Waals surface area contributed by atoms with Gasteiger partial charge in [-0.25, -0.2) is 8.42 Å². The third-order valence-corrected chi connectivity index (χ3v) is 9.88. The summed E-state index contributed by atoms with van der Waals surface area (Å²) in [5.41, 5.74) is 4.42. The van der Waals surface area contributed by atoms with Crippen molar-refractivity contribution in [2.24, 2.45) is 0 Å². The lowest BCUT2D eigenvalue weighted by Crippen LogP contribution is -2.54. The Bertz CT molecular complexity index is 1740. The van der Waals surface area contributed by atoms with Gasteiger partial charge in [0.25, 0.3) is 10.0 Å². The number of halogens is 1. The van der Waals surface area contributed by atoms with Gasteiger partial charge in [0, 0.05) is 24.0 Å². The molecule has 0 radical (unpaired) electrons. The zero-order valence-corrected chi connectivity index (χ0v) is 27.9. The lowest BCUT2D eigenvalue weighted by atomic mass is 10.0. The summed E-state index contributed by atoms with van der Waals surface area (Å²) < 4.78 is 29.7. The highest BCUT2D eigenvalue weighted by Crippen LogP contribution is 2.30. The van der Waals surface area contributed by atoms with Gasteiger partial charge in [0.15, 0.2) is 0 Å². The summed E-state index contributed by atoms with van der Waals surface area (Å²) >= 11 is 6.56. The van der Waals surface area contributed by atoms with E-state index in [0.29, 0.717) is 16.3 Å². The fourth-order valence-corrected chi connectivity index (χ4v) is 6.77. The number of benzene rings is 4. The fraction of sp³-hybridized carbons (Fsp3) is 0.278. The maximum absolute atomic E-state index is 14.6. The van der Waals surface area contributed by atoms with Crippen LogP contribution in [-0.2, 0) is 32.6 Å². The number of hydrogen-bond donors (Lipinski definition) is 1. The second-order valence-corrected chi connectivity index (χ2v) is 13.8. The summed E-state index contributed by atoms with van der Waals surface area (Å²) in [6, 6.07) is 27.4. The largest absolute Gasteiger partial charge is 0.352 e. The van der Waals surface area contributed by atoms with E-state index in [1.165, 1.54) is 4.90 Å². The number of anilines is 1. The molecule has 1 atom stereocenters. The van der Waals surface area contributed by atoms with Crippen molar-refractivity contribution in [2.45, 2.75) is 64.6 Å². The number of amides is 2. The number of sulfonamides is 1. The highest BCUT2D eigenvalue weighted by Gasteiger charge is 2.35. The van der Waals surface area contributed by atoms with E-state index in [9.17, 15) is 18.0 Å². The van der Waals surface area contributed by atoms with E-state index in [1.54, 1.807) is 54.6 Å². The molecule has 0 aliphatic heterocycles. The van der Waals surface area contributed by atoms with Crippen LogP contribution in [0.2, 0.25) is 5.02 Å². The van der Waals surface area contributed by atoms with E-state index >= 15 is 0 Å². The maximum atomic E-state index is 14.6. The van der Waals surface area contributed by atoms with Crippen molar-refractivity contribution in [3.05, 3.63) is 130 Å². The van der Waals surface area contributed by atoms with Gasteiger partial charge in [0.05, 0.1) is 10.6 Å². The van der Waals surface area contributed by atoms with Crippen molar-refractivity contribution in [2.75, 3.05) is 10.8 Å².